The summed E-state index contributed by atoms with van der Waals surface area (Å²) in [7, 11) is 0. The van der Waals surface area contributed by atoms with Crippen LogP contribution in [0.25, 0.3) is 0 Å². The maximum absolute atomic E-state index is 9.53. The van der Waals surface area contributed by atoms with Crippen molar-refractivity contribution in [3.63, 3.8) is 0 Å². The Kier molecular flexibility index (Phi) is 4.71. The third-order valence-electron chi connectivity index (χ3n) is 2.01. The van der Waals surface area contributed by atoms with Crippen LogP contribution in [0.15, 0.2) is 0 Å². The van der Waals surface area contributed by atoms with Crippen molar-refractivity contribution in [2.45, 2.75) is 46.6 Å². The summed E-state index contributed by atoms with van der Waals surface area (Å²) in [4.78, 5) is 0. The molecule has 0 aliphatic carbocycles. The van der Waals surface area contributed by atoms with Crippen molar-refractivity contribution in [3.8, 4) is 0 Å². The molecule has 0 saturated heterocycles. The fourth-order valence-electron chi connectivity index (χ4n) is 1.28. The Balaban J connectivity index is 3.58. The van der Waals surface area contributed by atoms with Crippen LogP contribution in [-0.2, 0) is 0 Å². The van der Waals surface area contributed by atoms with Crippen LogP contribution in [0.4, 0.5) is 0 Å². The second kappa shape index (κ2) is 4.73. The second-order valence-corrected chi connectivity index (χ2v) is 3.50. The predicted octanol–water partition coefficient (Wildman–Crippen LogP) is 2.44. The highest BCUT2D eigenvalue weighted by molar-refractivity contribution is 4.66. The molecule has 0 aromatic rings. The molecule has 1 N–H and O–H groups in total. The van der Waals surface area contributed by atoms with Crippen LogP contribution in [0.1, 0.15) is 40.5 Å². The van der Waals surface area contributed by atoms with Crippen molar-refractivity contribution in [2.75, 3.05) is 0 Å². The van der Waals surface area contributed by atoms with Gasteiger partial charge in [0, 0.05) is 0 Å². The summed E-state index contributed by atoms with van der Waals surface area (Å²) in [5.41, 5.74) is 0. The SMILES string of the molecule is CCCC(C)[C@H](O)C(C)C. The lowest BCUT2D eigenvalue weighted by Gasteiger charge is -2.21. The molecule has 0 spiro atoms. The fourth-order valence-corrected chi connectivity index (χ4v) is 1.28. The molecule has 0 aromatic heterocycles. The van der Waals surface area contributed by atoms with E-state index < -0.39 is 0 Å². The molecule has 0 aliphatic heterocycles. The average molecular weight is 144 g/mol. The Bertz CT molecular complexity index is 78.8. The van der Waals surface area contributed by atoms with Gasteiger partial charge in [0.05, 0.1) is 6.10 Å². The summed E-state index contributed by atoms with van der Waals surface area (Å²) in [6, 6.07) is 0. The van der Waals surface area contributed by atoms with Crippen molar-refractivity contribution < 1.29 is 5.11 Å². The number of hydrogen-bond donors (Lipinski definition) is 1. The zero-order chi connectivity index (χ0) is 8.15. The van der Waals surface area contributed by atoms with Gasteiger partial charge in [-0.3, -0.25) is 0 Å². The Labute approximate surface area is 64.5 Å². The van der Waals surface area contributed by atoms with Gasteiger partial charge >= 0.3 is 0 Å². The predicted molar refractivity (Wildman–Crippen MR) is 44.9 cm³/mol. The van der Waals surface area contributed by atoms with Gasteiger partial charge in [-0.05, 0) is 18.3 Å². The number of aliphatic hydroxyl groups is 1. The fraction of sp³-hybridized carbons (Fsp3) is 1.00. The van der Waals surface area contributed by atoms with Gasteiger partial charge in [0.25, 0.3) is 0 Å². The molecule has 0 amide bonds. The summed E-state index contributed by atoms with van der Waals surface area (Å²) in [5, 5.41) is 9.53. The van der Waals surface area contributed by atoms with Gasteiger partial charge < -0.3 is 5.11 Å². The van der Waals surface area contributed by atoms with Crippen LogP contribution < -0.4 is 0 Å². The molecule has 0 rings (SSSR count). The molecule has 0 bridgehead atoms. The molecule has 1 heteroatoms. The van der Waals surface area contributed by atoms with Gasteiger partial charge in [-0.25, -0.2) is 0 Å². The topological polar surface area (TPSA) is 20.2 Å². The summed E-state index contributed by atoms with van der Waals surface area (Å²) < 4.78 is 0. The van der Waals surface area contributed by atoms with Gasteiger partial charge in [-0.15, -0.1) is 0 Å². The third-order valence-corrected chi connectivity index (χ3v) is 2.01. The van der Waals surface area contributed by atoms with Crippen LogP contribution in [0.3, 0.4) is 0 Å². The van der Waals surface area contributed by atoms with Gasteiger partial charge in [0.15, 0.2) is 0 Å². The summed E-state index contributed by atoms with van der Waals surface area (Å²) in [5.74, 6) is 0.867. The Morgan fingerprint density at radius 3 is 2.00 bits per heavy atom. The zero-order valence-corrected chi connectivity index (χ0v) is 7.59. The molecule has 1 unspecified atom stereocenters. The van der Waals surface area contributed by atoms with E-state index in [4.69, 9.17) is 0 Å². The minimum Gasteiger partial charge on any atom is -0.393 e. The summed E-state index contributed by atoms with van der Waals surface area (Å²) >= 11 is 0. The Morgan fingerprint density at radius 1 is 1.20 bits per heavy atom. The monoisotopic (exact) mass is 144 g/mol. The van der Waals surface area contributed by atoms with E-state index in [0.717, 1.165) is 6.42 Å². The number of aliphatic hydroxyl groups excluding tert-OH is 1. The molecule has 0 heterocycles. The molecule has 10 heavy (non-hydrogen) atoms. The molecule has 2 atom stereocenters. The molecular formula is C9H20O. The van der Waals surface area contributed by atoms with E-state index in [-0.39, 0.29) is 6.10 Å². The van der Waals surface area contributed by atoms with E-state index in [2.05, 4.69) is 27.7 Å². The third kappa shape index (κ3) is 3.21. The number of hydrogen-bond acceptors (Lipinski definition) is 1. The molecule has 0 aromatic carbocycles. The molecule has 0 saturated carbocycles. The van der Waals surface area contributed by atoms with Crippen LogP contribution in [0, 0.1) is 11.8 Å². The van der Waals surface area contributed by atoms with Crippen LogP contribution in [0.2, 0.25) is 0 Å². The Hall–Kier alpha value is -0.0400. The first-order valence-electron chi connectivity index (χ1n) is 4.27. The highest BCUT2D eigenvalue weighted by atomic mass is 16.3. The largest absolute Gasteiger partial charge is 0.393 e. The van der Waals surface area contributed by atoms with Crippen molar-refractivity contribution in [3.05, 3.63) is 0 Å². The smallest absolute Gasteiger partial charge is 0.0588 e. The quantitative estimate of drug-likeness (QED) is 0.642. The van der Waals surface area contributed by atoms with Gasteiger partial charge in [0.1, 0.15) is 0 Å². The Morgan fingerprint density at radius 2 is 1.70 bits per heavy atom. The lowest BCUT2D eigenvalue weighted by Crippen LogP contribution is -2.23. The molecule has 62 valence electrons. The molecular weight excluding hydrogens is 124 g/mol. The normalized spacial score (nSPS) is 17.4. The standard InChI is InChI=1S/C9H20O/c1-5-6-8(4)9(10)7(2)3/h7-10H,5-6H2,1-4H3/t8?,9-/m1/s1. The van der Waals surface area contributed by atoms with Crippen LogP contribution >= 0.6 is 0 Å². The summed E-state index contributed by atoms with van der Waals surface area (Å²) in [6.45, 7) is 8.41. The molecule has 0 aliphatic rings. The number of rotatable bonds is 4. The zero-order valence-electron chi connectivity index (χ0n) is 7.59. The van der Waals surface area contributed by atoms with Crippen molar-refractivity contribution in [1.29, 1.82) is 0 Å². The maximum Gasteiger partial charge on any atom is 0.0588 e. The van der Waals surface area contributed by atoms with Gasteiger partial charge in [-0.1, -0.05) is 34.1 Å². The molecule has 0 radical (unpaired) electrons. The van der Waals surface area contributed by atoms with E-state index in [1.165, 1.54) is 6.42 Å². The molecule has 1 nitrogen and oxygen atoms in total. The first-order valence-corrected chi connectivity index (χ1v) is 4.27. The molecule has 0 fully saturated rings. The summed E-state index contributed by atoms with van der Waals surface area (Å²) in [6.07, 6.45) is 2.20. The van der Waals surface area contributed by atoms with E-state index in [9.17, 15) is 5.11 Å². The minimum atomic E-state index is -0.111. The van der Waals surface area contributed by atoms with Crippen molar-refractivity contribution in [1.82, 2.24) is 0 Å². The lowest BCUT2D eigenvalue weighted by atomic mass is 9.92. The van der Waals surface area contributed by atoms with Crippen LogP contribution in [0.5, 0.6) is 0 Å². The van der Waals surface area contributed by atoms with Crippen LogP contribution in [-0.4, -0.2) is 11.2 Å². The van der Waals surface area contributed by atoms with Gasteiger partial charge in [0.2, 0.25) is 0 Å². The van der Waals surface area contributed by atoms with Gasteiger partial charge in [-0.2, -0.15) is 0 Å². The van der Waals surface area contributed by atoms with E-state index >= 15 is 0 Å². The van der Waals surface area contributed by atoms with E-state index in [1.54, 1.807) is 0 Å². The maximum atomic E-state index is 9.53. The first kappa shape index (κ1) is 9.96. The average Bonchev–Trinajstić information content (AvgIpc) is 1.87. The van der Waals surface area contributed by atoms with E-state index in [1.807, 2.05) is 0 Å². The highest BCUT2D eigenvalue weighted by Crippen LogP contribution is 2.16. The minimum absolute atomic E-state index is 0.111. The van der Waals surface area contributed by atoms with Crippen molar-refractivity contribution in [2.24, 2.45) is 11.8 Å². The second-order valence-electron chi connectivity index (χ2n) is 3.50. The van der Waals surface area contributed by atoms with E-state index in [0.29, 0.717) is 11.8 Å². The lowest BCUT2D eigenvalue weighted by molar-refractivity contribution is 0.0681. The van der Waals surface area contributed by atoms with Crippen molar-refractivity contribution >= 4 is 0 Å². The first-order chi connectivity index (χ1) is 4.59. The highest BCUT2D eigenvalue weighted by Gasteiger charge is 2.15.